The zero-order valence-corrected chi connectivity index (χ0v) is 17.3. The number of hydrogen-bond donors (Lipinski definition) is 2. The first-order valence-electron chi connectivity index (χ1n) is 6.58. The number of piperazine rings is 1. The van der Waals surface area contributed by atoms with E-state index < -0.39 is 18.6 Å². The molecule has 0 amide bonds. The van der Waals surface area contributed by atoms with Crippen molar-refractivity contribution in [3.8, 4) is 5.75 Å². The quantitative estimate of drug-likeness (QED) is 0.560. The van der Waals surface area contributed by atoms with E-state index in [4.69, 9.17) is 0 Å². The van der Waals surface area contributed by atoms with E-state index in [0.29, 0.717) is 40.7 Å². The highest BCUT2D eigenvalue weighted by Crippen LogP contribution is 2.46. The van der Waals surface area contributed by atoms with Gasteiger partial charge >= 0.3 is 6.18 Å². The minimum atomic E-state index is -4.29. The van der Waals surface area contributed by atoms with Crippen LogP contribution in [0.4, 0.5) is 13.2 Å². The molecule has 132 valence electrons. The maximum absolute atomic E-state index is 13.0. The molecule has 0 aliphatic carbocycles. The van der Waals surface area contributed by atoms with E-state index in [1.54, 1.807) is 11.0 Å². The molecule has 10 heteroatoms. The number of rotatable bonds is 3. The van der Waals surface area contributed by atoms with Gasteiger partial charge in [-0.25, -0.2) is 0 Å². The highest BCUT2D eigenvalue weighted by molar-refractivity contribution is 9.11. The van der Waals surface area contributed by atoms with Gasteiger partial charge in [0.05, 0.1) is 15.4 Å². The summed E-state index contributed by atoms with van der Waals surface area (Å²) >= 11 is 9.74. The molecule has 23 heavy (non-hydrogen) atoms. The minimum absolute atomic E-state index is 0. The summed E-state index contributed by atoms with van der Waals surface area (Å²) < 4.78 is 40.4. The number of phenolic OH excluding ortho intramolecular Hbond substituents is 1. The Hall–Kier alpha value is 0.460. The lowest BCUT2D eigenvalue weighted by atomic mass is 10.0. The Balaban J connectivity index is 0.00000264. The third-order valence-electron chi connectivity index (χ3n) is 3.53. The molecular formula is C13H15Br3ClF3N2O. The highest BCUT2D eigenvalue weighted by Gasteiger charge is 2.38. The van der Waals surface area contributed by atoms with Gasteiger partial charge in [-0.2, -0.15) is 13.2 Å². The van der Waals surface area contributed by atoms with Gasteiger partial charge in [0.25, 0.3) is 0 Å². The molecule has 1 aromatic rings. The number of phenols is 1. The molecule has 1 aromatic carbocycles. The van der Waals surface area contributed by atoms with E-state index in [1.165, 1.54) is 0 Å². The van der Waals surface area contributed by atoms with E-state index in [0.717, 1.165) is 0 Å². The Morgan fingerprint density at radius 3 is 2.26 bits per heavy atom. The molecule has 1 fully saturated rings. The smallest absolute Gasteiger partial charge is 0.390 e. The fraction of sp³-hybridized carbons (Fsp3) is 0.538. The normalized spacial score (nSPS) is 17.7. The maximum Gasteiger partial charge on any atom is 0.390 e. The van der Waals surface area contributed by atoms with Crippen molar-refractivity contribution < 1.29 is 18.3 Å². The SMILES string of the molecule is Cl.Oc1c(Br)cc(Br)c([C@H](CC(F)(F)F)N2CCNCC2)c1Br. The van der Waals surface area contributed by atoms with Gasteiger partial charge in [-0.3, -0.25) is 4.90 Å². The van der Waals surface area contributed by atoms with Crippen LogP contribution in [0.3, 0.4) is 0 Å². The number of hydrogen-bond acceptors (Lipinski definition) is 3. The predicted molar refractivity (Wildman–Crippen MR) is 96.3 cm³/mol. The average molecular weight is 547 g/mol. The van der Waals surface area contributed by atoms with Crippen LogP contribution >= 0.6 is 60.2 Å². The summed E-state index contributed by atoms with van der Waals surface area (Å²) in [7, 11) is 0. The lowest BCUT2D eigenvalue weighted by Gasteiger charge is -2.36. The Bertz CT molecular complexity index is 554. The summed E-state index contributed by atoms with van der Waals surface area (Å²) in [6, 6.07) is 0.714. The third kappa shape index (κ3) is 5.47. The van der Waals surface area contributed by atoms with E-state index in [1.807, 2.05) is 0 Å². The standard InChI is InChI=1S/C13H14Br3F3N2O.ClH/c14-7-5-8(15)12(22)11(16)10(7)9(6-13(17,18)19)21-3-1-20-2-4-21;/h5,9,20,22H,1-4,6H2;1H/t9-;/m0./s1. The van der Waals surface area contributed by atoms with Gasteiger partial charge in [-0.05, 0) is 37.9 Å². The summed E-state index contributed by atoms with van der Waals surface area (Å²) in [6.45, 7) is 2.34. The van der Waals surface area contributed by atoms with Gasteiger partial charge in [-0.15, -0.1) is 12.4 Å². The van der Waals surface area contributed by atoms with Crippen LogP contribution in [0, 0.1) is 0 Å². The second kappa shape index (κ2) is 8.71. The van der Waals surface area contributed by atoms with Gasteiger partial charge in [-0.1, -0.05) is 15.9 Å². The number of nitrogens with one attached hydrogen (secondary N) is 1. The van der Waals surface area contributed by atoms with Crippen LogP contribution < -0.4 is 5.32 Å². The first kappa shape index (κ1) is 21.5. The lowest BCUT2D eigenvalue weighted by molar-refractivity contribution is -0.148. The molecular weight excluding hydrogens is 532 g/mol. The minimum Gasteiger partial charge on any atom is -0.506 e. The van der Waals surface area contributed by atoms with E-state index >= 15 is 0 Å². The van der Waals surface area contributed by atoms with Crippen molar-refractivity contribution in [2.75, 3.05) is 26.2 Å². The maximum atomic E-state index is 13.0. The van der Waals surface area contributed by atoms with Gasteiger partial charge in [0.15, 0.2) is 0 Å². The molecule has 1 atom stereocenters. The molecule has 3 nitrogen and oxygen atoms in total. The van der Waals surface area contributed by atoms with Crippen molar-refractivity contribution in [2.24, 2.45) is 0 Å². The Morgan fingerprint density at radius 1 is 1.17 bits per heavy atom. The van der Waals surface area contributed by atoms with Crippen molar-refractivity contribution in [3.63, 3.8) is 0 Å². The molecule has 2 N–H and O–H groups in total. The van der Waals surface area contributed by atoms with Crippen LogP contribution in [0.25, 0.3) is 0 Å². The second-order valence-electron chi connectivity index (χ2n) is 5.04. The third-order valence-corrected chi connectivity index (χ3v) is 5.60. The molecule has 2 rings (SSSR count). The molecule has 0 spiro atoms. The summed E-state index contributed by atoms with van der Waals surface area (Å²) in [5, 5.41) is 13.2. The molecule has 1 saturated heterocycles. The van der Waals surface area contributed by atoms with Crippen LogP contribution in [0.15, 0.2) is 19.5 Å². The zero-order chi connectivity index (χ0) is 16.5. The van der Waals surface area contributed by atoms with Gasteiger partial charge in [0.1, 0.15) is 5.75 Å². The molecule has 0 saturated carbocycles. The van der Waals surface area contributed by atoms with Gasteiger partial charge in [0.2, 0.25) is 0 Å². The first-order valence-corrected chi connectivity index (χ1v) is 8.96. The Labute approximate surface area is 163 Å². The van der Waals surface area contributed by atoms with Crippen LogP contribution in [0.2, 0.25) is 0 Å². The van der Waals surface area contributed by atoms with Crippen LogP contribution in [-0.2, 0) is 0 Å². The first-order chi connectivity index (χ1) is 10.2. The molecule has 1 heterocycles. The monoisotopic (exact) mass is 544 g/mol. The van der Waals surface area contributed by atoms with Gasteiger partial charge in [0, 0.05) is 42.3 Å². The highest BCUT2D eigenvalue weighted by atomic mass is 79.9. The van der Waals surface area contributed by atoms with E-state index in [9.17, 15) is 18.3 Å². The molecule has 0 aromatic heterocycles. The fourth-order valence-corrected chi connectivity index (χ4v) is 5.18. The second-order valence-corrected chi connectivity index (χ2v) is 7.54. The average Bonchev–Trinajstić information content (AvgIpc) is 2.43. The number of benzene rings is 1. The van der Waals surface area contributed by atoms with Crippen LogP contribution in [0.1, 0.15) is 18.0 Å². The molecule has 0 bridgehead atoms. The molecule has 0 unspecified atom stereocenters. The zero-order valence-electron chi connectivity index (χ0n) is 11.8. The van der Waals surface area contributed by atoms with Crippen molar-refractivity contribution in [1.29, 1.82) is 0 Å². The lowest BCUT2D eigenvalue weighted by Crippen LogP contribution is -2.46. The van der Waals surface area contributed by atoms with Crippen LogP contribution in [0.5, 0.6) is 5.75 Å². The topological polar surface area (TPSA) is 35.5 Å². The van der Waals surface area contributed by atoms with Crippen LogP contribution in [-0.4, -0.2) is 42.4 Å². The van der Waals surface area contributed by atoms with Crippen molar-refractivity contribution >= 4 is 60.2 Å². The molecule has 1 aliphatic heterocycles. The van der Waals surface area contributed by atoms with Crippen molar-refractivity contribution in [2.45, 2.75) is 18.6 Å². The predicted octanol–water partition coefficient (Wildman–Crippen LogP) is 5.00. The fourth-order valence-electron chi connectivity index (χ4n) is 2.53. The summed E-state index contributed by atoms with van der Waals surface area (Å²) in [4.78, 5) is 1.79. The summed E-state index contributed by atoms with van der Waals surface area (Å²) in [5.74, 6) is -0.0968. The van der Waals surface area contributed by atoms with E-state index in [2.05, 4.69) is 53.1 Å². The number of nitrogens with zero attached hydrogens (tertiary/aromatic N) is 1. The Kier molecular flexibility index (Phi) is 8.14. The van der Waals surface area contributed by atoms with Crippen molar-refractivity contribution in [1.82, 2.24) is 10.2 Å². The number of halogens is 7. The summed E-state index contributed by atoms with van der Waals surface area (Å²) in [6.07, 6.45) is -5.26. The van der Waals surface area contributed by atoms with Crippen molar-refractivity contribution in [3.05, 3.63) is 25.0 Å². The van der Waals surface area contributed by atoms with Gasteiger partial charge < -0.3 is 10.4 Å². The summed E-state index contributed by atoms with van der Waals surface area (Å²) in [5.41, 5.74) is 0.417. The number of alkyl halides is 3. The van der Waals surface area contributed by atoms with E-state index in [-0.39, 0.29) is 22.6 Å². The molecule has 0 radical (unpaired) electrons. The molecule has 1 aliphatic rings. The number of aromatic hydroxyl groups is 1. The largest absolute Gasteiger partial charge is 0.506 e. The Morgan fingerprint density at radius 2 is 1.74 bits per heavy atom.